The van der Waals surface area contributed by atoms with E-state index < -0.39 is 10.0 Å². The van der Waals surface area contributed by atoms with Gasteiger partial charge >= 0.3 is 0 Å². The Labute approximate surface area is 112 Å². The van der Waals surface area contributed by atoms with E-state index >= 15 is 0 Å². The van der Waals surface area contributed by atoms with Gasteiger partial charge in [0, 0.05) is 26.3 Å². The van der Waals surface area contributed by atoms with Crippen LogP contribution < -0.4 is 11.1 Å². The Morgan fingerprint density at radius 1 is 1.47 bits per heavy atom. The van der Waals surface area contributed by atoms with Gasteiger partial charge in [0.25, 0.3) is 0 Å². The largest absolute Gasteiger partial charge is 0.355 e. The Kier molecular flexibility index (Phi) is 5.40. The van der Waals surface area contributed by atoms with E-state index in [0.717, 1.165) is 4.31 Å². The molecule has 3 N–H and O–H groups in total. The van der Waals surface area contributed by atoms with Crippen LogP contribution in [0.1, 0.15) is 12.6 Å². The number of amides is 1. The lowest BCUT2D eigenvalue weighted by atomic mass is 10.4. The van der Waals surface area contributed by atoms with Crippen molar-refractivity contribution >= 4 is 15.9 Å². The first kappa shape index (κ1) is 15.5. The van der Waals surface area contributed by atoms with Gasteiger partial charge in [0.2, 0.25) is 15.9 Å². The molecule has 0 aromatic carbocycles. The number of nitrogens with one attached hydrogen (secondary N) is 1. The van der Waals surface area contributed by atoms with Crippen LogP contribution >= 0.6 is 0 Å². The van der Waals surface area contributed by atoms with Gasteiger partial charge in [-0.2, -0.15) is 4.31 Å². The number of aromatic nitrogens is 1. The molecule has 0 unspecified atom stereocenters. The average molecular weight is 286 g/mol. The van der Waals surface area contributed by atoms with E-state index in [1.54, 1.807) is 13.0 Å². The molecule has 1 aromatic heterocycles. The molecule has 0 spiro atoms. The number of carbonyl (C=O) groups excluding carboxylic acids is 1. The van der Waals surface area contributed by atoms with Crippen LogP contribution in [0.4, 0.5) is 0 Å². The fourth-order valence-corrected chi connectivity index (χ4v) is 2.48. The molecule has 7 nitrogen and oxygen atoms in total. The molecule has 106 valence electrons. The highest BCUT2D eigenvalue weighted by Crippen LogP contribution is 2.13. The molecule has 0 saturated carbocycles. The maximum absolute atomic E-state index is 12.1. The van der Waals surface area contributed by atoms with Crippen molar-refractivity contribution in [1.82, 2.24) is 14.6 Å². The highest BCUT2D eigenvalue weighted by molar-refractivity contribution is 7.89. The van der Waals surface area contributed by atoms with E-state index in [9.17, 15) is 13.2 Å². The predicted molar refractivity (Wildman–Crippen MR) is 70.6 cm³/mol. The van der Waals surface area contributed by atoms with Crippen LogP contribution in [0.25, 0.3) is 0 Å². The Morgan fingerprint density at radius 3 is 2.63 bits per heavy atom. The molecular weight excluding hydrogens is 268 g/mol. The Morgan fingerprint density at radius 2 is 2.16 bits per heavy atom. The van der Waals surface area contributed by atoms with Crippen molar-refractivity contribution in [2.45, 2.75) is 18.4 Å². The van der Waals surface area contributed by atoms with Crippen molar-refractivity contribution in [1.29, 1.82) is 0 Å². The van der Waals surface area contributed by atoms with Crippen LogP contribution in [0.2, 0.25) is 0 Å². The van der Waals surface area contributed by atoms with Gasteiger partial charge in [-0.05, 0) is 19.1 Å². The fraction of sp³-hybridized carbons (Fsp3) is 0.455. The van der Waals surface area contributed by atoms with Crippen molar-refractivity contribution in [2.75, 3.05) is 20.1 Å². The minimum absolute atomic E-state index is 0.0384. The number of hydrogen-bond donors (Lipinski definition) is 2. The molecule has 0 fully saturated rings. The summed E-state index contributed by atoms with van der Waals surface area (Å²) in [6, 6.07) is 2.98. The van der Waals surface area contributed by atoms with Gasteiger partial charge < -0.3 is 11.1 Å². The van der Waals surface area contributed by atoms with Crippen LogP contribution in [0.3, 0.4) is 0 Å². The number of hydrogen-bond acceptors (Lipinski definition) is 5. The zero-order chi connectivity index (χ0) is 14.5. The molecule has 8 heteroatoms. The summed E-state index contributed by atoms with van der Waals surface area (Å²) in [5.74, 6) is -0.347. The first-order valence-electron chi connectivity index (χ1n) is 5.79. The predicted octanol–water partition coefficient (Wildman–Crippen LogP) is -0.703. The van der Waals surface area contributed by atoms with Crippen molar-refractivity contribution < 1.29 is 13.2 Å². The minimum atomic E-state index is -3.71. The van der Waals surface area contributed by atoms with Gasteiger partial charge in [0.1, 0.15) is 4.90 Å². The summed E-state index contributed by atoms with van der Waals surface area (Å²) in [5, 5.41) is 2.54. The normalized spacial score (nSPS) is 11.6. The minimum Gasteiger partial charge on any atom is -0.355 e. The molecule has 1 heterocycles. The molecule has 0 saturated heterocycles. The van der Waals surface area contributed by atoms with Gasteiger partial charge in [-0.15, -0.1) is 0 Å². The molecule has 1 rings (SSSR count). The van der Waals surface area contributed by atoms with Crippen LogP contribution in [0.15, 0.2) is 23.2 Å². The summed E-state index contributed by atoms with van der Waals surface area (Å²) in [5.41, 5.74) is 5.99. The number of likely N-dealkylation sites (N-methyl/N-ethyl adjacent to an activating group) is 2. The van der Waals surface area contributed by atoms with Crippen molar-refractivity contribution in [3.63, 3.8) is 0 Å². The summed E-state index contributed by atoms with van der Waals surface area (Å²) < 4.78 is 25.3. The lowest BCUT2D eigenvalue weighted by Crippen LogP contribution is -2.38. The van der Waals surface area contributed by atoms with Crippen molar-refractivity contribution in [3.05, 3.63) is 24.0 Å². The lowest BCUT2D eigenvalue weighted by Gasteiger charge is -2.16. The van der Waals surface area contributed by atoms with Crippen LogP contribution in [-0.2, 0) is 21.4 Å². The van der Waals surface area contributed by atoms with E-state index in [1.165, 1.54) is 19.3 Å². The Bertz CT molecular complexity index is 527. The quantitative estimate of drug-likeness (QED) is 0.719. The molecule has 1 amide bonds. The second-order valence-electron chi connectivity index (χ2n) is 3.90. The summed E-state index contributed by atoms with van der Waals surface area (Å²) in [6.07, 6.45) is 1.24. The first-order valence-corrected chi connectivity index (χ1v) is 7.23. The van der Waals surface area contributed by atoms with E-state index in [2.05, 4.69) is 10.3 Å². The highest BCUT2D eigenvalue weighted by atomic mass is 32.2. The number of nitrogens with two attached hydrogens (primary N) is 1. The third-order valence-corrected chi connectivity index (χ3v) is 4.24. The zero-order valence-corrected chi connectivity index (χ0v) is 11.8. The molecule has 0 bridgehead atoms. The van der Waals surface area contributed by atoms with E-state index in [-0.39, 0.29) is 23.9 Å². The zero-order valence-electron chi connectivity index (χ0n) is 11.0. The summed E-state index contributed by atoms with van der Waals surface area (Å²) in [4.78, 5) is 15.4. The average Bonchev–Trinajstić information content (AvgIpc) is 2.39. The second-order valence-corrected chi connectivity index (χ2v) is 5.95. The van der Waals surface area contributed by atoms with Crippen molar-refractivity contribution in [2.24, 2.45) is 5.73 Å². The fourth-order valence-electron chi connectivity index (χ4n) is 1.40. The second kappa shape index (κ2) is 6.60. The highest BCUT2D eigenvalue weighted by Gasteiger charge is 2.22. The number of carbonyl (C=O) groups is 1. The summed E-state index contributed by atoms with van der Waals surface area (Å²) >= 11 is 0. The third kappa shape index (κ3) is 3.98. The number of pyridine rings is 1. The SMILES string of the molecule is CCNC(=O)CN(C)S(=O)(=O)c1ccc(CN)nc1. The van der Waals surface area contributed by atoms with Gasteiger partial charge in [0.15, 0.2) is 0 Å². The first-order chi connectivity index (χ1) is 8.91. The monoisotopic (exact) mass is 286 g/mol. The number of sulfonamides is 1. The molecule has 1 aromatic rings. The molecule has 0 atom stereocenters. The van der Waals surface area contributed by atoms with Gasteiger partial charge in [-0.1, -0.05) is 0 Å². The molecule has 0 aliphatic rings. The standard InChI is InChI=1S/C11H18N4O3S/c1-3-13-11(16)8-15(2)19(17,18)10-5-4-9(6-12)14-7-10/h4-5,7H,3,6,8,12H2,1-2H3,(H,13,16). The smallest absolute Gasteiger partial charge is 0.244 e. The van der Waals surface area contributed by atoms with E-state index in [4.69, 9.17) is 5.73 Å². The van der Waals surface area contributed by atoms with Gasteiger partial charge in [0.05, 0.1) is 12.2 Å². The summed E-state index contributed by atoms with van der Waals surface area (Å²) in [7, 11) is -2.36. The number of rotatable bonds is 6. The molecule has 0 aliphatic heterocycles. The molecule has 0 aliphatic carbocycles. The van der Waals surface area contributed by atoms with E-state index in [0.29, 0.717) is 12.2 Å². The molecule has 0 radical (unpaired) electrons. The maximum atomic E-state index is 12.1. The maximum Gasteiger partial charge on any atom is 0.244 e. The van der Waals surface area contributed by atoms with Crippen LogP contribution in [-0.4, -0.2) is 43.8 Å². The third-order valence-electron chi connectivity index (χ3n) is 2.46. The van der Waals surface area contributed by atoms with Crippen LogP contribution in [0, 0.1) is 0 Å². The topological polar surface area (TPSA) is 105 Å². The van der Waals surface area contributed by atoms with Crippen molar-refractivity contribution in [3.8, 4) is 0 Å². The van der Waals surface area contributed by atoms with E-state index in [1.807, 2.05) is 0 Å². The van der Waals surface area contributed by atoms with Crippen LogP contribution in [0.5, 0.6) is 0 Å². The molecule has 19 heavy (non-hydrogen) atoms. The Balaban J connectivity index is 2.86. The molecular formula is C11H18N4O3S. The number of nitrogens with zero attached hydrogens (tertiary/aromatic N) is 2. The Hall–Kier alpha value is -1.51. The van der Waals surface area contributed by atoms with Gasteiger partial charge in [-0.3, -0.25) is 9.78 Å². The summed E-state index contributed by atoms with van der Waals surface area (Å²) in [6.45, 7) is 2.24. The van der Waals surface area contributed by atoms with Gasteiger partial charge in [-0.25, -0.2) is 8.42 Å². The lowest BCUT2D eigenvalue weighted by molar-refractivity contribution is -0.121.